The van der Waals surface area contributed by atoms with Crippen molar-refractivity contribution in [3.05, 3.63) is 253 Å². The first-order valence-corrected chi connectivity index (χ1v) is 41.5. The molecule has 0 spiro atoms. The highest BCUT2D eigenvalue weighted by Gasteiger charge is 2.34. The summed E-state index contributed by atoms with van der Waals surface area (Å²) in [7, 11) is 8.87. The lowest BCUT2D eigenvalue weighted by atomic mass is 9.97. The Kier molecular flexibility index (Phi) is 36.3. The third kappa shape index (κ3) is 24.1. The van der Waals surface area contributed by atoms with E-state index in [1.54, 1.807) is 104 Å². The molecule has 0 bridgehead atoms. The van der Waals surface area contributed by atoms with E-state index in [1.807, 2.05) is 18.8 Å². The number of aryl methyl sites for hydroxylation is 4. The van der Waals surface area contributed by atoms with E-state index in [0.717, 1.165) is 28.8 Å². The number of nitrogens with zero attached hydrogens (tertiary/aromatic N) is 8. The number of aromatic hydroxyl groups is 4. The molecule has 0 aliphatic heterocycles. The van der Waals surface area contributed by atoms with E-state index < -0.39 is 115 Å². The molecule has 12 rings (SSSR count). The number of fused-ring (bicyclic) bond motifs is 4. The first-order chi connectivity index (χ1) is 59.6. The zero-order chi connectivity index (χ0) is 93.3. The minimum Gasteiger partial charge on any atom is -0.508 e. The van der Waals surface area contributed by atoms with Gasteiger partial charge in [-0.05, 0) is 166 Å². The van der Waals surface area contributed by atoms with Crippen molar-refractivity contribution in [2.75, 3.05) is 45.5 Å². The number of halogens is 5. The smallest absolute Gasteiger partial charge is 0.347 e. The summed E-state index contributed by atoms with van der Waals surface area (Å²) in [5.41, 5.74) is 1.17. The van der Waals surface area contributed by atoms with E-state index in [4.69, 9.17) is 28.4 Å². The zero-order valence-electron chi connectivity index (χ0n) is 72.4. The van der Waals surface area contributed by atoms with Crippen LogP contribution in [-0.2, 0) is 72.9 Å². The number of carbonyl (C=O) groups is 6. The van der Waals surface area contributed by atoms with Crippen LogP contribution < -0.4 is 51.8 Å². The second kappa shape index (κ2) is 45.0. The Hall–Kier alpha value is -13.6. The number of hydrogen-bond donors (Lipinski definition) is 6. The highest BCUT2D eigenvalue weighted by Crippen LogP contribution is 2.36. The van der Waals surface area contributed by atoms with E-state index in [0.29, 0.717) is 100 Å². The van der Waals surface area contributed by atoms with Gasteiger partial charge in [-0.1, -0.05) is 75.6 Å². The summed E-state index contributed by atoms with van der Waals surface area (Å²) >= 11 is 2.15. The monoisotopic (exact) mass is 1890 g/mol. The van der Waals surface area contributed by atoms with Gasteiger partial charge in [0, 0.05) is 119 Å². The SMILES string of the molecule is C.C.CCCNC(=O)c1c(O)c2ncc(Cc3ccc(F)cc3O)cc2n(C)c1=O.CCCNC(=O)c1c(O)c2ncc(Cc3ccc(F)cc3OC)cc2n(C)c1=O.CCOC(=O)c1c(OC(=O)C(C)(C)C)c2ncc(Cc3ccc(F)cc3O)cc2n(C)c1=O.CCOC(=O)c1c(OC(=O)C(C)(C)C)c2ncc(Cc3ccc(F)cc3OC)cc2n(C)c1=O.CI.[2HH].[2HH]. The number of ether oxygens (including phenoxy) is 6. The van der Waals surface area contributed by atoms with Crippen LogP contribution in [0.4, 0.5) is 17.6 Å². The molecule has 4 aromatic carbocycles. The van der Waals surface area contributed by atoms with Gasteiger partial charge in [0.05, 0.1) is 60.3 Å². The molecule has 30 nitrogen and oxygen atoms in total. The lowest BCUT2D eigenvalue weighted by Gasteiger charge is -2.19. The zero-order valence-corrected chi connectivity index (χ0v) is 74.6. The van der Waals surface area contributed by atoms with E-state index in [-0.39, 0.29) is 100.0 Å². The fraction of sp³-hybridized carbons (Fsp3) is 0.333. The van der Waals surface area contributed by atoms with Crippen LogP contribution >= 0.6 is 22.6 Å². The molecule has 686 valence electrons. The number of nitrogens with one attached hydrogen (secondary N) is 2. The third-order valence-corrected chi connectivity index (χ3v) is 19.3. The van der Waals surface area contributed by atoms with Gasteiger partial charge in [0.1, 0.15) is 79.5 Å². The molecule has 2 amide bonds. The maximum absolute atomic E-state index is 13.6. The molecule has 0 aliphatic rings. The molecule has 0 aliphatic carbocycles. The summed E-state index contributed by atoms with van der Waals surface area (Å²) in [6, 6.07) is 22.6. The Morgan fingerprint density at radius 2 is 0.680 bits per heavy atom. The third-order valence-electron chi connectivity index (χ3n) is 19.3. The Labute approximate surface area is 751 Å². The van der Waals surface area contributed by atoms with Crippen molar-refractivity contribution in [1.82, 2.24) is 48.8 Å². The average Bonchev–Trinajstić information content (AvgIpc) is 0.764. The molecule has 0 radical (unpaired) electrons. The topological polar surface area (TPSA) is 402 Å². The second-order valence-corrected chi connectivity index (χ2v) is 30.6. The van der Waals surface area contributed by atoms with Crippen LogP contribution in [0.25, 0.3) is 44.1 Å². The van der Waals surface area contributed by atoms with Gasteiger partial charge >= 0.3 is 23.9 Å². The lowest BCUT2D eigenvalue weighted by Crippen LogP contribution is -2.33. The highest BCUT2D eigenvalue weighted by atomic mass is 127. The molecule has 8 aromatic heterocycles. The number of carbonyl (C=O) groups excluding carboxylic acids is 6. The van der Waals surface area contributed by atoms with E-state index in [9.17, 15) is 85.9 Å². The lowest BCUT2D eigenvalue weighted by molar-refractivity contribution is -0.143. The maximum Gasteiger partial charge on any atom is 0.347 e. The van der Waals surface area contributed by atoms with Crippen molar-refractivity contribution < 1.29 is 98.0 Å². The van der Waals surface area contributed by atoms with Gasteiger partial charge in [0.15, 0.2) is 34.1 Å². The van der Waals surface area contributed by atoms with Gasteiger partial charge in [-0.15, -0.1) is 0 Å². The van der Waals surface area contributed by atoms with Crippen LogP contribution in [0.3, 0.4) is 0 Å². The van der Waals surface area contributed by atoms with Crippen LogP contribution in [0.5, 0.6) is 46.0 Å². The van der Waals surface area contributed by atoms with Crippen molar-refractivity contribution in [1.29, 1.82) is 0 Å². The second-order valence-electron chi connectivity index (χ2n) is 30.6. The molecular weight excluding hydrogens is 1780 g/mol. The van der Waals surface area contributed by atoms with Crippen molar-refractivity contribution in [3.63, 3.8) is 0 Å². The first-order valence-electron chi connectivity index (χ1n) is 39.4. The minimum absolute atomic E-state index is 0. The molecule has 0 unspecified atom stereocenters. The van der Waals surface area contributed by atoms with Crippen molar-refractivity contribution in [2.45, 2.75) is 123 Å². The Bertz CT molecular complexity index is 6450. The summed E-state index contributed by atoms with van der Waals surface area (Å²) in [6.07, 6.45) is 8.62. The minimum atomic E-state index is -0.918. The van der Waals surface area contributed by atoms with Crippen LogP contribution in [0.2, 0.25) is 0 Å². The number of esters is 4. The number of phenols is 2. The average molecular weight is 1890 g/mol. The van der Waals surface area contributed by atoms with Gasteiger partial charge in [-0.3, -0.25) is 58.3 Å². The molecule has 12 aromatic rings. The molecule has 0 saturated carbocycles. The molecular formula is C93H109F4IN10O20. The maximum atomic E-state index is 13.6. The van der Waals surface area contributed by atoms with Crippen LogP contribution in [0.1, 0.15) is 186 Å². The number of hydrogen-bond acceptors (Lipinski definition) is 24. The summed E-state index contributed by atoms with van der Waals surface area (Å²) in [6.45, 7) is 17.7. The Morgan fingerprint density at radius 1 is 0.414 bits per heavy atom. The first kappa shape index (κ1) is 103. The van der Waals surface area contributed by atoms with Gasteiger partial charge < -0.3 is 77.7 Å². The predicted molar refractivity (Wildman–Crippen MR) is 489 cm³/mol. The van der Waals surface area contributed by atoms with Crippen LogP contribution in [0, 0.1) is 34.1 Å². The molecule has 8 heterocycles. The van der Waals surface area contributed by atoms with Gasteiger partial charge in [0.25, 0.3) is 34.1 Å². The van der Waals surface area contributed by atoms with Gasteiger partial charge in [0.2, 0.25) is 0 Å². The largest absolute Gasteiger partial charge is 0.508 e. The van der Waals surface area contributed by atoms with Gasteiger partial charge in [-0.2, -0.15) is 0 Å². The standard InChI is InChI=1S/C25H27FN2O6.C24H25FN2O6.C21H22FN3O4.C20H20FN3O4.CH3I.2CH4.2H2/c1-7-33-23(30)19-21(34-24(31)25(2,3)4)20-17(28(5)22(19)29)11-14(13-27-20)10-15-8-9-16(26)12-18(15)32-6;1-6-32-22(30)18-20(33-23(31)24(2,3)4)19-16(27(5)21(18)29)10-13(12-26-19)9-14-7-8-15(25)11-17(14)28;1-4-7-23-20(27)17-19(26)18-15(25(2)21(17)28)9-12(11-24-18)8-13-5-6-14(22)10-16(13)29-3;1-3-6-22-19(27)16-18(26)17-14(24(2)20(16)28)8-11(10-23-17)7-12-4-5-13(21)9-15(12)25;1-2;;;;/h8-9,11-13H,7,10H2,1-6H3;7-8,10-12,28H,6,9H2,1-5H3;5-6,9-11,26H,4,7-8H2,1-3H3,(H,23,27);4-5,8-10,25-26H,3,6-7H2,1-2H3,(H,22,27);1H3;2*1H4;2*1H/i;;;;;;;2*1+1. The number of methoxy groups -OCH3 is 2. The van der Waals surface area contributed by atoms with Crippen molar-refractivity contribution >= 4 is 102 Å². The molecule has 6 N–H and O–H groups in total. The van der Waals surface area contributed by atoms with E-state index in [2.05, 4.69) is 53.2 Å². The molecule has 0 atom stereocenters. The Balaban J connectivity index is 0.000000358. The molecule has 35 heteroatoms. The van der Waals surface area contributed by atoms with Crippen LogP contribution in [0.15, 0.2) is 141 Å². The number of pyridine rings is 8. The van der Waals surface area contributed by atoms with Gasteiger partial charge in [-0.25, -0.2) is 27.2 Å². The number of phenolic OH excluding ortho intramolecular Hbond substituents is 2. The summed E-state index contributed by atoms with van der Waals surface area (Å²) in [4.78, 5) is 146. The van der Waals surface area contributed by atoms with E-state index in [1.165, 1.54) is 122 Å². The van der Waals surface area contributed by atoms with Crippen LogP contribution in [-0.4, -0.2) is 140 Å². The number of amides is 2. The predicted octanol–water partition coefficient (Wildman–Crippen LogP) is 14.8. The fourth-order valence-electron chi connectivity index (χ4n) is 12.6. The number of alkyl halides is 1. The molecule has 0 saturated heterocycles. The number of aromatic nitrogens is 8. The fourth-order valence-corrected chi connectivity index (χ4v) is 12.6. The summed E-state index contributed by atoms with van der Waals surface area (Å²) < 4.78 is 90.0. The normalized spacial score (nSPS) is 10.9. The quantitative estimate of drug-likeness (QED) is 0.0159. The molecule has 0 fully saturated rings. The molecule has 128 heavy (non-hydrogen) atoms. The van der Waals surface area contributed by atoms with E-state index >= 15 is 0 Å². The Morgan fingerprint density at radius 3 is 0.953 bits per heavy atom. The number of benzene rings is 4. The number of rotatable bonds is 22. The highest BCUT2D eigenvalue weighted by molar-refractivity contribution is 14.1. The van der Waals surface area contributed by atoms with Crippen molar-refractivity contribution in [3.8, 4) is 46.0 Å². The summed E-state index contributed by atoms with van der Waals surface area (Å²) in [5, 5.41) is 46.0. The van der Waals surface area contributed by atoms with Crippen molar-refractivity contribution in [2.24, 2.45) is 39.0 Å². The summed E-state index contributed by atoms with van der Waals surface area (Å²) in [5.74, 6) is -7.31.